The molecule has 0 radical (unpaired) electrons. The molecule has 2 N–H and O–H groups in total. The third kappa shape index (κ3) is 7.73. The van der Waals surface area contributed by atoms with Gasteiger partial charge in [0.2, 0.25) is 0 Å². The molecule has 3 aromatic carbocycles. The minimum Gasteiger partial charge on any atom is -0.490 e. The predicted molar refractivity (Wildman–Crippen MR) is 139 cm³/mol. The number of halogens is 2. The molecule has 182 valence electrons. The third-order valence-electron chi connectivity index (χ3n) is 4.85. The summed E-state index contributed by atoms with van der Waals surface area (Å²) < 4.78 is 11.5. The summed E-state index contributed by atoms with van der Waals surface area (Å²) in [6.07, 6.45) is 2.30. The topological polar surface area (TPSA) is 89.0 Å². The third-order valence-corrected chi connectivity index (χ3v) is 5.59. The smallest absolute Gasteiger partial charge is 0.329 e. The number of aryl methyl sites for hydroxylation is 1. The van der Waals surface area contributed by atoms with E-state index in [1.807, 2.05) is 32.0 Å². The lowest BCUT2D eigenvalue weighted by Gasteiger charge is -2.13. The van der Waals surface area contributed by atoms with Crippen LogP contribution in [0.4, 0.5) is 5.69 Å². The van der Waals surface area contributed by atoms with Crippen LogP contribution in [-0.4, -0.2) is 24.6 Å². The van der Waals surface area contributed by atoms with Crippen LogP contribution in [0.5, 0.6) is 11.5 Å². The highest BCUT2D eigenvalue weighted by Gasteiger charge is 2.13. The second kappa shape index (κ2) is 12.8. The number of nitrogens with one attached hydrogen (secondary N) is 2. The van der Waals surface area contributed by atoms with Crippen LogP contribution in [0.15, 0.2) is 65.8 Å². The lowest BCUT2D eigenvalue weighted by Crippen LogP contribution is -2.32. The number of hydrogen-bond acceptors (Lipinski definition) is 5. The molecule has 2 amide bonds. The summed E-state index contributed by atoms with van der Waals surface area (Å²) >= 11 is 12.0. The Kier molecular flexibility index (Phi) is 9.52. The summed E-state index contributed by atoms with van der Waals surface area (Å²) in [5, 5.41) is 7.33. The molecule has 0 unspecified atom stereocenters. The van der Waals surface area contributed by atoms with Crippen molar-refractivity contribution in [3.8, 4) is 11.5 Å². The van der Waals surface area contributed by atoms with Crippen LogP contribution in [0.2, 0.25) is 10.0 Å². The normalized spacial score (nSPS) is 10.7. The molecule has 35 heavy (non-hydrogen) atoms. The molecule has 3 rings (SSSR count). The van der Waals surface area contributed by atoms with E-state index in [0.29, 0.717) is 39.4 Å². The van der Waals surface area contributed by atoms with Gasteiger partial charge in [-0.1, -0.05) is 48.3 Å². The standard InChI is InChI=1S/C26H25Cl2N3O4/c1-3-17-5-9-20(10-6-17)30-25(32)26(33)31-29-15-18-8-12-23(24(14-18)34-4-2)35-16-19-7-11-21(27)22(28)13-19/h5-15H,3-4,16H2,1-2H3,(H,30,32)(H,31,33)/b29-15-. The summed E-state index contributed by atoms with van der Waals surface area (Å²) in [4.78, 5) is 24.1. The zero-order valence-corrected chi connectivity index (χ0v) is 20.8. The van der Waals surface area contributed by atoms with E-state index < -0.39 is 11.8 Å². The fourth-order valence-electron chi connectivity index (χ4n) is 3.01. The summed E-state index contributed by atoms with van der Waals surface area (Å²) in [7, 11) is 0. The molecular formula is C26H25Cl2N3O4. The van der Waals surface area contributed by atoms with Crippen molar-refractivity contribution in [3.63, 3.8) is 0 Å². The molecule has 9 heteroatoms. The largest absolute Gasteiger partial charge is 0.490 e. The summed E-state index contributed by atoms with van der Waals surface area (Å²) in [6.45, 7) is 4.60. The Morgan fingerprint density at radius 1 is 0.857 bits per heavy atom. The first kappa shape index (κ1) is 26.1. The zero-order chi connectivity index (χ0) is 25.2. The lowest BCUT2D eigenvalue weighted by molar-refractivity contribution is -0.136. The highest BCUT2D eigenvalue weighted by atomic mass is 35.5. The monoisotopic (exact) mass is 513 g/mol. The second-order valence-corrected chi connectivity index (χ2v) is 8.19. The van der Waals surface area contributed by atoms with E-state index in [2.05, 4.69) is 15.8 Å². The number of nitrogens with zero attached hydrogens (tertiary/aromatic N) is 1. The molecule has 0 atom stereocenters. The van der Waals surface area contributed by atoms with Gasteiger partial charge in [-0.05, 0) is 72.5 Å². The predicted octanol–water partition coefficient (Wildman–Crippen LogP) is 5.62. The van der Waals surface area contributed by atoms with E-state index in [1.165, 1.54) is 6.21 Å². The maximum Gasteiger partial charge on any atom is 0.329 e. The van der Waals surface area contributed by atoms with E-state index in [-0.39, 0.29) is 6.61 Å². The Bertz CT molecular complexity index is 1210. The number of carbonyl (C=O) groups is 2. The van der Waals surface area contributed by atoms with E-state index in [0.717, 1.165) is 17.5 Å². The van der Waals surface area contributed by atoms with Gasteiger partial charge in [-0.15, -0.1) is 0 Å². The summed E-state index contributed by atoms with van der Waals surface area (Å²) in [5.41, 5.74) is 5.39. The van der Waals surface area contributed by atoms with Crippen LogP contribution < -0.4 is 20.2 Å². The van der Waals surface area contributed by atoms with E-state index in [1.54, 1.807) is 42.5 Å². The van der Waals surface area contributed by atoms with Gasteiger partial charge in [-0.3, -0.25) is 9.59 Å². The van der Waals surface area contributed by atoms with Crippen LogP contribution in [0, 0.1) is 0 Å². The Hall–Kier alpha value is -3.55. The van der Waals surface area contributed by atoms with Gasteiger partial charge in [-0.25, -0.2) is 5.43 Å². The molecule has 0 saturated carbocycles. The molecule has 0 heterocycles. The van der Waals surface area contributed by atoms with E-state index in [4.69, 9.17) is 32.7 Å². The van der Waals surface area contributed by atoms with Gasteiger partial charge >= 0.3 is 11.8 Å². The Labute approximate surface area is 214 Å². The first-order valence-corrected chi connectivity index (χ1v) is 11.7. The van der Waals surface area contributed by atoms with E-state index >= 15 is 0 Å². The zero-order valence-electron chi connectivity index (χ0n) is 19.3. The minimum absolute atomic E-state index is 0.275. The number of benzene rings is 3. The van der Waals surface area contributed by atoms with Crippen molar-refractivity contribution < 1.29 is 19.1 Å². The van der Waals surface area contributed by atoms with E-state index in [9.17, 15) is 9.59 Å². The molecule has 0 aliphatic carbocycles. The van der Waals surface area contributed by atoms with Gasteiger partial charge in [0, 0.05) is 5.69 Å². The van der Waals surface area contributed by atoms with Gasteiger partial charge in [0.25, 0.3) is 0 Å². The van der Waals surface area contributed by atoms with Gasteiger partial charge in [0.1, 0.15) is 6.61 Å². The summed E-state index contributed by atoms with van der Waals surface area (Å²) in [6, 6.07) is 17.7. The first-order chi connectivity index (χ1) is 16.9. The minimum atomic E-state index is -0.882. The number of carbonyl (C=O) groups excluding carboxylic acids is 2. The first-order valence-electron chi connectivity index (χ1n) is 11.0. The van der Waals surface area contributed by atoms with Crippen LogP contribution >= 0.6 is 23.2 Å². The van der Waals surface area contributed by atoms with Crippen molar-refractivity contribution in [1.29, 1.82) is 0 Å². The number of anilines is 1. The molecule has 0 fully saturated rings. The average molecular weight is 514 g/mol. The van der Waals surface area contributed by atoms with Gasteiger partial charge in [-0.2, -0.15) is 5.10 Å². The lowest BCUT2D eigenvalue weighted by atomic mass is 10.1. The molecule has 7 nitrogen and oxygen atoms in total. The van der Waals surface area contributed by atoms with Crippen LogP contribution in [0.1, 0.15) is 30.5 Å². The number of hydrogen-bond donors (Lipinski definition) is 2. The number of rotatable bonds is 9. The molecule has 3 aromatic rings. The van der Waals surface area contributed by atoms with Crippen molar-refractivity contribution in [3.05, 3.63) is 87.4 Å². The van der Waals surface area contributed by atoms with Gasteiger partial charge < -0.3 is 14.8 Å². The van der Waals surface area contributed by atoms with Crippen molar-refractivity contribution in [1.82, 2.24) is 5.43 Å². The van der Waals surface area contributed by atoms with Crippen molar-refractivity contribution in [2.75, 3.05) is 11.9 Å². The van der Waals surface area contributed by atoms with Gasteiger partial charge in [0.15, 0.2) is 11.5 Å². The molecule has 0 bridgehead atoms. The second-order valence-electron chi connectivity index (χ2n) is 7.38. The average Bonchev–Trinajstić information content (AvgIpc) is 2.86. The fraction of sp³-hybridized carbons (Fsp3) is 0.192. The number of hydrazone groups is 1. The van der Waals surface area contributed by atoms with Crippen LogP contribution in [0.3, 0.4) is 0 Å². The van der Waals surface area contributed by atoms with Crippen molar-refractivity contribution in [2.45, 2.75) is 26.9 Å². The van der Waals surface area contributed by atoms with Crippen LogP contribution in [0.25, 0.3) is 0 Å². The molecule has 0 aliphatic heterocycles. The maximum absolute atomic E-state index is 12.1. The Balaban J connectivity index is 1.58. The summed E-state index contributed by atoms with van der Waals surface area (Å²) in [5.74, 6) is -0.649. The fourth-order valence-corrected chi connectivity index (χ4v) is 3.33. The SMILES string of the molecule is CCOc1cc(/C=N\NC(=O)C(=O)Nc2ccc(CC)cc2)ccc1OCc1ccc(Cl)c(Cl)c1. The quantitative estimate of drug-likeness (QED) is 0.220. The maximum atomic E-state index is 12.1. The highest BCUT2D eigenvalue weighted by molar-refractivity contribution is 6.42. The van der Waals surface area contributed by atoms with Crippen LogP contribution in [-0.2, 0) is 22.6 Å². The van der Waals surface area contributed by atoms with Gasteiger partial charge in [0.05, 0.1) is 22.9 Å². The Morgan fingerprint density at radius 2 is 1.60 bits per heavy atom. The number of amides is 2. The molecular weight excluding hydrogens is 489 g/mol. The van der Waals surface area contributed by atoms with Crippen molar-refractivity contribution in [2.24, 2.45) is 5.10 Å². The van der Waals surface area contributed by atoms with Crippen molar-refractivity contribution >= 4 is 46.9 Å². The molecule has 0 aliphatic rings. The Morgan fingerprint density at radius 3 is 2.29 bits per heavy atom. The molecule has 0 spiro atoms. The molecule has 0 aromatic heterocycles. The number of ether oxygens (including phenoxy) is 2. The highest BCUT2D eigenvalue weighted by Crippen LogP contribution is 2.30. The molecule has 0 saturated heterocycles.